The van der Waals surface area contributed by atoms with E-state index in [0.29, 0.717) is 5.69 Å². The Kier molecular flexibility index (Phi) is 4.47. The maximum atomic E-state index is 13.8. The van der Waals surface area contributed by atoms with E-state index in [4.69, 9.17) is 0 Å². The molecule has 7 nitrogen and oxygen atoms in total. The number of hydrogen-bond acceptors (Lipinski definition) is 4. The van der Waals surface area contributed by atoms with Gasteiger partial charge in [-0.2, -0.15) is 18.3 Å². The van der Waals surface area contributed by atoms with Crippen molar-refractivity contribution in [1.29, 1.82) is 0 Å². The molecule has 0 unspecified atom stereocenters. The SMILES string of the molecule is Cc1cn2c(=O)c(-c3cnn(CCC(C)(F)F)c3)c(C(F)(F)F)nc2n1CC1=CN1. The predicted molar refractivity (Wildman–Crippen MR) is 96.9 cm³/mol. The summed E-state index contributed by atoms with van der Waals surface area (Å²) in [7, 11) is 0. The van der Waals surface area contributed by atoms with Crippen molar-refractivity contribution in [3.8, 4) is 11.1 Å². The molecule has 1 aliphatic heterocycles. The number of aryl methyl sites for hydroxylation is 2. The summed E-state index contributed by atoms with van der Waals surface area (Å²) in [6.07, 6.45) is -0.129. The molecule has 3 aromatic heterocycles. The van der Waals surface area contributed by atoms with Crippen LogP contribution in [0.25, 0.3) is 16.9 Å². The van der Waals surface area contributed by atoms with Crippen LogP contribution < -0.4 is 10.9 Å². The molecule has 4 rings (SSSR count). The summed E-state index contributed by atoms with van der Waals surface area (Å²) in [5, 5.41) is 6.69. The molecule has 0 saturated heterocycles. The van der Waals surface area contributed by atoms with Gasteiger partial charge in [0.2, 0.25) is 11.7 Å². The van der Waals surface area contributed by atoms with Crippen molar-refractivity contribution >= 4 is 5.78 Å². The number of aromatic nitrogens is 5. The van der Waals surface area contributed by atoms with Gasteiger partial charge in [-0.15, -0.1) is 0 Å². The topological polar surface area (TPSA) is 79.1 Å². The van der Waals surface area contributed by atoms with Crippen molar-refractivity contribution in [2.24, 2.45) is 0 Å². The van der Waals surface area contributed by atoms with Crippen molar-refractivity contribution in [2.75, 3.05) is 0 Å². The van der Waals surface area contributed by atoms with Crippen LogP contribution in [0.15, 0.2) is 35.3 Å². The van der Waals surface area contributed by atoms with Crippen molar-refractivity contribution < 1.29 is 22.0 Å². The van der Waals surface area contributed by atoms with E-state index in [9.17, 15) is 26.7 Å². The van der Waals surface area contributed by atoms with E-state index in [1.807, 2.05) is 0 Å². The van der Waals surface area contributed by atoms with E-state index in [1.165, 1.54) is 10.8 Å². The summed E-state index contributed by atoms with van der Waals surface area (Å²) in [4.78, 5) is 16.8. The highest BCUT2D eigenvalue weighted by Gasteiger charge is 2.39. The molecule has 1 N–H and O–H groups in total. The van der Waals surface area contributed by atoms with Crippen LogP contribution in [0, 0.1) is 6.92 Å². The highest BCUT2D eigenvalue weighted by molar-refractivity contribution is 5.65. The van der Waals surface area contributed by atoms with E-state index < -0.39 is 35.3 Å². The van der Waals surface area contributed by atoms with Gasteiger partial charge in [0, 0.05) is 42.8 Å². The highest BCUT2D eigenvalue weighted by Crippen LogP contribution is 2.34. The molecule has 0 spiro atoms. The molecule has 0 radical (unpaired) electrons. The van der Waals surface area contributed by atoms with Gasteiger partial charge in [-0.05, 0) is 13.8 Å². The zero-order chi connectivity index (χ0) is 21.8. The third-order valence-electron chi connectivity index (χ3n) is 4.73. The van der Waals surface area contributed by atoms with Gasteiger partial charge in [-0.3, -0.25) is 13.9 Å². The molecule has 160 valence electrons. The normalized spacial score (nSPS) is 14.2. The molecule has 0 aromatic carbocycles. The van der Waals surface area contributed by atoms with E-state index >= 15 is 0 Å². The van der Waals surface area contributed by atoms with Gasteiger partial charge in [-0.1, -0.05) is 0 Å². The van der Waals surface area contributed by atoms with Crippen molar-refractivity contribution in [2.45, 2.75) is 45.5 Å². The number of imidazole rings is 1. The third-order valence-corrected chi connectivity index (χ3v) is 4.73. The van der Waals surface area contributed by atoms with Gasteiger partial charge in [0.1, 0.15) is 0 Å². The van der Waals surface area contributed by atoms with Crippen LogP contribution in [0.4, 0.5) is 22.0 Å². The van der Waals surface area contributed by atoms with E-state index in [0.717, 1.165) is 34.1 Å². The Morgan fingerprint density at radius 2 is 1.87 bits per heavy atom. The van der Waals surface area contributed by atoms with Gasteiger partial charge in [-0.25, -0.2) is 13.8 Å². The second kappa shape index (κ2) is 6.67. The van der Waals surface area contributed by atoms with Gasteiger partial charge in [0.05, 0.1) is 24.0 Å². The average Bonchev–Trinajstić information content (AvgIpc) is 3.22. The summed E-state index contributed by atoms with van der Waals surface area (Å²) in [5.41, 5.74) is -1.70. The molecule has 4 heterocycles. The quantitative estimate of drug-likeness (QED) is 0.612. The molecule has 12 heteroatoms. The van der Waals surface area contributed by atoms with Gasteiger partial charge >= 0.3 is 6.18 Å². The summed E-state index contributed by atoms with van der Waals surface area (Å²) >= 11 is 0. The lowest BCUT2D eigenvalue weighted by Gasteiger charge is -2.12. The fraction of sp³-hybridized carbons (Fsp3) is 0.389. The molecule has 0 saturated carbocycles. The molecule has 0 bridgehead atoms. The van der Waals surface area contributed by atoms with Crippen LogP contribution in [-0.4, -0.2) is 29.7 Å². The Morgan fingerprint density at radius 1 is 1.17 bits per heavy atom. The number of rotatable bonds is 6. The summed E-state index contributed by atoms with van der Waals surface area (Å²) in [6, 6.07) is 0. The van der Waals surface area contributed by atoms with Gasteiger partial charge in [0.15, 0.2) is 5.69 Å². The van der Waals surface area contributed by atoms with Crippen molar-refractivity contribution in [1.82, 2.24) is 29.0 Å². The standard InChI is InChI=1S/C18H17F5N6O/c1-10-7-29-15(30)13(11-5-25-27(8-11)4-3-17(2,19)20)14(18(21,22)23)26-16(29)28(10)9-12-6-24-12/h5-8,24H,3-4,9H2,1-2H3. The molecule has 0 atom stereocenters. The predicted octanol–water partition coefficient (Wildman–Crippen LogP) is 3.18. The Labute approximate surface area is 166 Å². The van der Waals surface area contributed by atoms with Gasteiger partial charge < -0.3 is 9.88 Å². The van der Waals surface area contributed by atoms with E-state index in [1.54, 1.807) is 13.1 Å². The molecule has 0 amide bonds. The van der Waals surface area contributed by atoms with Crippen LogP contribution in [0.1, 0.15) is 24.7 Å². The zero-order valence-electron chi connectivity index (χ0n) is 16.0. The first kappa shape index (κ1) is 20.1. The van der Waals surface area contributed by atoms with E-state index in [2.05, 4.69) is 15.4 Å². The first-order valence-corrected chi connectivity index (χ1v) is 9.00. The fourth-order valence-electron chi connectivity index (χ4n) is 3.14. The monoisotopic (exact) mass is 428 g/mol. The number of halogens is 5. The lowest BCUT2D eigenvalue weighted by Crippen LogP contribution is -2.24. The largest absolute Gasteiger partial charge is 0.434 e. The molecule has 0 fully saturated rings. The first-order valence-electron chi connectivity index (χ1n) is 9.00. The van der Waals surface area contributed by atoms with Crippen molar-refractivity contribution in [3.05, 3.63) is 52.2 Å². The Morgan fingerprint density at radius 3 is 2.47 bits per heavy atom. The number of hydrogen-bond donors (Lipinski definition) is 1. The van der Waals surface area contributed by atoms with Crippen LogP contribution in [0.2, 0.25) is 0 Å². The molecule has 30 heavy (non-hydrogen) atoms. The second-order valence-corrected chi connectivity index (χ2v) is 7.29. The molecular weight excluding hydrogens is 411 g/mol. The molecule has 3 aromatic rings. The van der Waals surface area contributed by atoms with Crippen LogP contribution in [0.5, 0.6) is 0 Å². The molecule has 0 aliphatic carbocycles. The Balaban J connectivity index is 1.85. The number of alkyl halides is 5. The third kappa shape index (κ3) is 3.81. The van der Waals surface area contributed by atoms with Crippen LogP contribution in [0.3, 0.4) is 0 Å². The number of allylic oxidation sites excluding steroid dienone is 1. The lowest BCUT2D eigenvalue weighted by atomic mass is 10.1. The van der Waals surface area contributed by atoms with Crippen LogP contribution >= 0.6 is 0 Å². The van der Waals surface area contributed by atoms with Crippen molar-refractivity contribution in [3.63, 3.8) is 0 Å². The number of nitrogens with zero attached hydrogens (tertiary/aromatic N) is 5. The maximum absolute atomic E-state index is 13.8. The van der Waals surface area contributed by atoms with E-state index in [-0.39, 0.29) is 24.4 Å². The average molecular weight is 428 g/mol. The minimum atomic E-state index is -4.90. The highest BCUT2D eigenvalue weighted by atomic mass is 19.4. The molecule has 1 aliphatic rings. The maximum Gasteiger partial charge on any atom is 0.434 e. The zero-order valence-corrected chi connectivity index (χ0v) is 16.0. The smallest absolute Gasteiger partial charge is 0.361 e. The second-order valence-electron chi connectivity index (χ2n) is 7.29. The first-order chi connectivity index (χ1) is 13.9. The van der Waals surface area contributed by atoms with Crippen LogP contribution in [-0.2, 0) is 19.3 Å². The summed E-state index contributed by atoms with van der Waals surface area (Å²) in [5.74, 6) is -3.09. The Hall–Kier alpha value is -3.18. The fourth-order valence-corrected chi connectivity index (χ4v) is 3.14. The molecular formula is C18H17F5N6O. The Bertz CT molecular complexity index is 1210. The summed E-state index contributed by atoms with van der Waals surface area (Å²) in [6.45, 7) is 2.45. The number of nitrogens with one attached hydrogen (secondary N) is 1. The summed E-state index contributed by atoms with van der Waals surface area (Å²) < 4.78 is 71.2. The minimum absolute atomic E-state index is 0.134. The lowest BCUT2D eigenvalue weighted by molar-refractivity contribution is -0.140. The minimum Gasteiger partial charge on any atom is -0.361 e. The van der Waals surface area contributed by atoms with Gasteiger partial charge in [0.25, 0.3) is 5.56 Å². The number of fused-ring (bicyclic) bond motifs is 1.